The highest BCUT2D eigenvalue weighted by Gasteiger charge is 2.22. The molecule has 1 heterocycles. The first kappa shape index (κ1) is 14.5. The SMILES string of the molecule is CC(NC(=O)[C@@H]1CCCCN1)c1cccc([N+](=O)[O-])c1. The van der Waals surface area contributed by atoms with E-state index in [0.29, 0.717) is 0 Å². The molecule has 1 saturated heterocycles. The summed E-state index contributed by atoms with van der Waals surface area (Å²) >= 11 is 0. The zero-order chi connectivity index (χ0) is 14.5. The lowest BCUT2D eigenvalue weighted by Gasteiger charge is -2.24. The van der Waals surface area contributed by atoms with E-state index in [9.17, 15) is 14.9 Å². The largest absolute Gasteiger partial charge is 0.348 e. The molecular formula is C14H19N3O3. The van der Waals surface area contributed by atoms with Gasteiger partial charge in [-0.1, -0.05) is 18.6 Å². The second-order valence-corrected chi connectivity index (χ2v) is 5.08. The van der Waals surface area contributed by atoms with Crippen molar-refractivity contribution in [2.24, 2.45) is 0 Å². The summed E-state index contributed by atoms with van der Waals surface area (Å²) < 4.78 is 0. The van der Waals surface area contributed by atoms with Gasteiger partial charge in [0.25, 0.3) is 5.69 Å². The Labute approximate surface area is 117 Å². The van der Waals surface area contributed by atoms with Gasteiger partial charge < -0.3 is 10.6 Å². The van der Waals surface area contributed by atoms with Gasteiger partial charge in [-0.05, 0) is 31.9 Å². The first-order valence-corrected chi connectivity index (χ1v) is 6.86. The van der Waals surface area contributed by atoms with Crippen molar-refractivity contribution in [3.05, 3.63) is 39.9 Å². The van der Waals surface area contributed by atoms with Crippen molar-refractivity contribution < 1.29 is 9.72 Å². The van der Waals surface area contributed by atoms with Crippen LogP contribution in [0.5, 0.6) is 0 Å². The first-order chi connectivity index (χ1) is 9.58. The van der Waals surface area contributed by atoms with Crippen molar-refractivity contribution in [3.8, 4) is 0 Å². The Kier molecular flexibility index (Phi) is 4.68. The molecule has 0 radical (unpaired) electrons. The Morgan fingerprint density at radius 1 is 1.50 bits per heavy atom. The number of rotatable bonds is 4. The second kappa shape index (κ2) is 6.47. The molecule has 20 heavy (non-hydrogen) atoms. The number of nitrogens with zero attached hydrogens (tertiary/aromatic N) is 1. The van der Waals surface area contributed by atoms with Crippen LogP contribution >= 0.6 is 0 Å². The summed E-state index contributed by atoms with van der Waals surface area (Å²) in [4.78, 5) is 22.4. The molecule has 1 fully saturated rings. The van der Waals surface area contributed by atoms with Gasteiger partial charge in [-0.3, -0.25) is 14.9 Å². The van der Waals surface area contributed by atoms with Gasteiger partial charge in [0.05, 0.1) is 17.0 Å². The molecule has 1 unspecified atom stereocenters. The topological polar surface area (TPSA) is 84.3 Å². The Morgan fingerprint density at radius 2 is 2.30 bits per heavy atom. The van der Waals surface area contributed by atoms with Crippen LogP contribution < -0.4 is 10.6 Å². The highest BCUT2D eigenvalue weighted by molar-refractivity contribution is 5.82. The van der Waals surface area contributed by atoms with Crippen LogP contribution in [0.3, 0.4) is 0 Å². The predicted molar refractivity (Wildman–Crippen MR) is 75.3 cm³/mol. The number of amides is 1. The van der Waals surface area contributed by atoms with Gasteiger partial charge in [0, 0.05) is 12.1 Å². The Hall–Kier alpha value is -1.95. The van der Waals surface area contributed by atoms with Crippen LogP contribution in [0, 0.1) is 10.1 Å². The number of nitro groups is 1. The van der Waals surface area contributed by atoms with E-state index in [-0.39, 0.29) is 23.7 Å². The molecule has 0 spiro atoms. The third-order valence-electron chi connectivity index (χ3n) is 3.57. The maximum atomic E-state index is 12.1. The summed E-state index contributed by atoms with van der Waals surface area (Å²) in [7, 11) is 0. The first-order valence-electron chi connectivity index (χ1n) is 6.86. The van der Waals surface area contributed by atoms with Crippen molar-refractivity contribution in [1.29, 1.82) is 0 Å². The molecule has 6 heteroatoms. The monoisotopic (exact) mass is 277 g/mol. The molecule has 2 N–H and O–H groups in total. The lowest BCUT2D eigenvalue weighted by atomic mass is 10.0. The summed E-state index contributed by atoms with van der Waals surface area (Å²) in [5.41, 5.74) is 0.780. The lowest BCUT2D eigenvalue weighted by molar-refractivity contribution is -0.384. The molecule has 0 aliphatic carbocycles. The fraction of sp³-hybridized carbons (Fsp3) is 0.500. The summed E-state index contributed by atoms with van der Waals surface area (Å²) in [5, 5.41) is 16.8. The number of non-ortho nitro benzene ring substituents is 1. The maximum Gasteiger partial charge on any atom is 0.269 e. The van der Waals surface area contributed by atoms with Crippen molar-refractivity contribution in [1.82, 2.24) is 10.6 Å². The van der Waals surface area contributed by atoms with E-state index in [1.165, 1.54) is 12.1 Å². The van der Waals surface area contributed by atoms with E-state index in [2.05, 4.69) is 10.6 Å². The number of carbonyl (C=O) groups is 1. The summed E-state index contributed by atoms with van der Waals surface area (Å²) in [6, 6.07) is 5.97. The average Bonchev–Trinajstić information content (AvgIpc) is 2.48. The van der Waals surface area contributed by atoms with E-state index in [1.807, 2.05) is 6.92 Å². The normalized spacial score (nSPS) is 20.1. The van der Waals surface area contributed by atoms with Crippen LogP contribution in [0.15, 0.2) is 24.3 Å². The third-order valence-corrected chi connectivity index (χ3v) is 3.57. The fourth-order valence-electron chi connectivity index (χ4n) is 2.38. The summed E-state index contributed by atoms with van der Waals surface area (Å²) in [6.07, 6.45) is 2.99. The number of nitrogens with one attached hydrogen (secondary N) is 2. The molecule has 2 rings (SSSR count). The molecule has 1 aliphatic rings. The molecule has 2 atom stereocenters. The summed E-state index contributed by atoms with van der Waals surface area (Å²) in [6.45, 7) is 2.70. The van der Waals surface area contributed by atoms with Gasteiger partial charge in [0.1, 0.15) is 0 Å². The van der Waals surface area contributed by atoms with Crippen LogP contribution in [-0.4, -0.2) is 23.4 Å². The number of hydrogen-bond donors (Lipinski definition) is 2. The highest BCUT2D eigenvalue weighted by atomic mass is 16.6. The average molecular weight is 277 g/mol. The number of nitro benzene ring substituents is 1. The van der Waals surface area contributed by atoms with E-state index in [4.69, 9.17) is 0 Å². The van der Waals surface area contributed by atoms with Crippen LogP contribution in [-0.2, 0) is 4.79 Å². The Balaban J connectivity index is 2.00. The molecule has 1 aromatic rings. The fourth-order valence-corrected chi connectivity index (χ4v) is 2.38. The van der Waals surface area contributed by atoms with Gasteiger partial charge in [-0.2, -0.15) is 0 Å². The third kappa shape index (κ3) is 3.54. The van der Waals surface area contributed by atoms with Crippen molar-refractivity contribution >= 4 is 11.6 Å². The van der Waals surface area contributed by atoms with Crippen molar-refractivity contribution in [2.75, 3.05) is 6.54 Å². The molecular weight excluding hydrogens is 258 g/mol. The van der Waals surface area contributed by atoms with Gasteiger partial charge in [-0.15, -0.1) is 0 Å². The smallest absolute Gasteiger partial charge is 0.269 e. The van der Waals surface area contributed by atoms with E-state index < -0.39 is 4.92 Å². The molecule has 1 aromatic carbocycles. The molecule has 108 valence electrons. The minimum absolute atomic E-state index is 0.0382. The minimum atomic E-state index is -0.430. The molecule has 1 aliphatic heterocycles. The van der Waals surface area contributed by atoms with E-state index in [0.717, 1.165) is 31.4 Å². The van der Waals surface area contributed by atoms with Gasteiger partial charge >= 0.3 is 0 Å². The number of piperidine rings is 1. The van der Waals surface area contributed by atoms with Gasteiger partial charge in [0.2, 0.25) is 5.91 Å². The Bertz CT molecular complexity index is 498. The summed E-state index contributed by atoms with van der Waals surface area (Å²) in [5.74, 6) is -0.0382. The molecule has 0 saturated carbocycles. The van der Waals surface area contributed by atoms with Gasteiger partial charge in [0.15, 0.2) is 0 Å². The second-order valence-electron chi connectivity index (χ2n) is 5.08. The van der Waals surface area contributed by atoms with Crippen molar-refractivity contribution in [2.45, 2.75) is 38.3 Å². The molecule has 0 aromatic heterocycles. The zero-order valence-electron chi connectivity index (χ0n) is 11.5. The maximum absolute atomic E-state index is 12.1. The molecule has 1 amide bonds. The predicted octanol–water partition coefficient (Wildman–Crippen LogP) is 1.91. The van der Waals surface area contributed by atoms with Crippen LogP contribution in [0.4, 0.5) is 5.69 Å². The lowest BCUT2D eigenvalue weighted by Crippen LogP contribution is -2.47. The van der Waals surface area contributed by atoms with Crippen LogP contribution in [0.25, 0.3) is 0 Å². The standard InChI is InChI=1S/C14H19N3O3/c1-10(11-5-4-6-12(9-11)17(19)20)16-14(18)13-7-2-3-8-15-13/h4-6,9-10,13,15H,2-3,7-8H2,1H3,(H,16,18)/t10?,13-/m0/s1. The molecule has 0 bridgehead atoms. The van der Waals surface area contributed by atoms with E-state index >= 15 is 0 Å². The van der Waals surface area contributed by atoms with Gasteiger partial charge in [-0.25, -0.2) is 0 Å². The highest BCUT2D eigenvalue weighted by Crippen LogP contribution is 2.19. The zero-order valence-corrected chi connectivity index (χ0v) is 11.5. The number of hydrogen-bond acceptors (Lipinski definition) is 4. The number of carbonyl (C=O) groups excluding carboxylic acids is 1. The van der Waals surface area contributed by atoms with E-state index in [1.54, 1.807) is 12.1 Å². The Morgan fingerprint density at radius 3 is 2.95 bits per heavy atom. The number of benzene rings is 1. The molecule has 6 nitrogen and oxygen atoms in total. The van der Waals surface area contributed by atoms with Crippen molar-refractivity contribution in [3.63, 3.8) is 0 Å². The van der Waals surface area contributed by atoms with Crippen LogP contribution in [0.2, 0.25) is 0 Å². The van der Waals surface area contributed by atoms with Crippen LogP contribution in [0.1, 0.15) is 37.8 Å². The minimum Gasteiger partial charge on any atom is -0.348 e. The quantitative estimate of drug-likeness (QED) is 0.650.